The van der Waals surface area contributed by atoms with Gasteiger partial charge in [0.15, 0.2) is 11.6 Å². The molecule has 0 radical (unpaired) electrons. The van der Waals surface area contributed by atoms with Crippen molar-refractivity contribution in [1.29, 1.82) is 0 Å². The van der Waals surface area contributed by atoms with Gasteiger partial charge in [0.25, 0.3) is 0 Å². The average Bonchev–Trinajstić information content (AvgIpc) is 3.47. The van der Waals surface area contributed by atoms with Crippen LogP contribution in [0.4, 0.5) is 8.78 Å². The maximum absolute atomic E-state index is 14.1. The quantitative estimate of drug-likeness (QED) is 0.267. The van der Waals surface area contributed by atoms with E-state index in [2.05, 4.69) is 10.5 Å². The summed E-state index contributed by atoms with van der Waals surface area (Å²) in [7, 11) is 0. The maximum atomic E-state index is 14.1. The normalized spacial score (nSPS) is 19.2. The van der Waals surface area contributed by atoms with Crippen LogP contribution in [0.15, 0.2) is 23.4 Å². The number of benzene rings is 1. The van der Waals surface area contributed by atoms with Crippen molar-refractivity contribution in [2.24, 2.45) is 11.1 Å². The van der Waals surface area contributed by atoms with Crippen LogP contribution in [0.25, 0.3) is 0 Å². The summed E-state index contributed by atoms with van der Waals surface area (Å²) >= 11 is 5.39. The molecule has 1 saturated carbocycles. The molecule has 0 bridgehead atoms. The van der Waals surface area contributed by atoms with E-state index in [1.54, 1.807) is 18.7 Å². The van der Waals surface area contributed by atoms with Crippen LogP contribution in [-0.4, -0.2) is 39.6 Å². The summed E-state index contributed by atoms with van der Waals surface area (Å²) < 4.78 is 27.7. The van der Waals surface area contributed by atoms with Crippen LogP contribution in [0.5, 0.6) is 0 Å². The topological polar surface area (TPSA) is 71.0 Å². The number of rotatable bonds is 9. The zero-order chi connectivity index (χ0) is 22.5. The number of hydrogen-bond donors (Lipinski definition) is 1. The van der Waals surface area contributed by atoms with Gasteiger partial charge in [-0.15, -0.1) is 0 Å². The van der Waals surface area contributed by atoms with E-state index >= 15 is 0 Å². The molecule has 1 aromatic rings. The van der Waals surface area contributed by atoms with Crippen LogP contribution in [-0.2, 0) is 21.0 Å². The number of oxime groups is 1. The second kappa shape index (κ2) is 10.3. The molecule has 1 aliphatic carbocycles. The molecule has 2 aliphatic rings. The van der Waals surface area contributed by atoms with Gasteiger partial charge in [-0.2, -0.15) is 0 Å². The van der Waals surface area contributed by atoms with Gasteiger partial charge in [0.2, 0.25) is 5.91 Å². The first kappa shape index (κ1) is 23.2. The summed E-state index contributed by atoms with van der Waals surface area (Å²) in [4.78, 5) is 32.4. The lowest BCUT2D eigenvalue weighted by Crippen LogP contribution is -2.44. The van der Waals surface area contributed by atoms with Crippen LogP contribution in [0.2, 0.25) is 0 Å². The average molecular weight is 452 g/mol. The first-order chi connectivity index (χ1) is 14.7. The number of hydrogen-bond acceptors (Lipinski definition) is 5. The molecular formula is C22H27F2N3O3S. The van der Waals surface area contributed by atoms with Crippen LogP contribution < -0.4 is 5.32 Å². The number of thiocarbonyl (C=S) groups is 1. The number of amides is 1. The number of nitrogens with zero attached hydrogens (tertiary/aromatic N) is 2. The smallest absolute Gasteiger partial charge is 0.357 e. The van der Waals surface area contributed by atoms with E-state index in [4.69, 9.17) is 17.1 Å². The molecule has 9 heteroatoms. The minimum absolute atomic E-state index is 0.0956. The summed E-state index contributed by atoms with van der Waals surface area (Å²) in [6.07, 6.45) is 3.91. The van der Waals surface area contributed by atoms with Gasteiger partial charge in [0.1, 0.15) is 6.04 Å². The fourth-order valence-corrected chi connectivity index (χ4v) is 3.98. The summed E-state index contributed by atoms with van der Waals surface area (Å²) in [5.41, 5.74) is 0.794. The van der Waals surface area contributed by atoms with Crippen molar-refractivity contribution in [3.63, 3.8) is 0 Å². The van der Waals surface area contributed by atoms with Crippen LogP contribution in [0.1, 0.15) is 57.9 Å². The van der Waals surface area contributed by atoms with Crippen LogP contribution in [0, 0.1) is 17.6 Å². The Morgan fingerprint density at radius 3 is 2.71 bits per heavy atom. The Kier molecular flexibility index (Phi) is 7.69. The highest BCUT2D eigenvalue weighted by Crippen LogP contribution is 2.34. The largest absolute Gasteiger partial charge is 0.358 e. The Labute approximate surface area is 186 Å². The highest BCUT2D eigenvalue weighted by atomic mass is 32.1. The third kappa shape index (κ3) is 6.53. The zero-order valence-electron chi connectivity index (χ0n) is 17.7. The molecule has 31 heavy (non-hydrogen) atoms. The first-order valence-electron chi connectivity index (χ1n) is 10.5. The number of carbonyl (C=O) groups is 2. The van der Waals surface area contributed by atoms with E-state index in [1.807, 2.05) is 0 Å². The fraction of sp³-hybridized carbons (Fsp3) is 0.545. The first-order valence-corrected chi connectivity index (χ1v) is 10.9. The monoisotopic (exact) mass is 451 g/mol. The Morgan fingerprint density at radius 1 is 1.29 bits per heavy atom. The van der Waals surface area contributed by atoms with Gasteiger partial charge in [-0.1, -0.05) is 42.3 Å². The van der Waals surface area contributed by atoms with Gasteiger partial charge in [-0.25, -0.2) is 13.6 Å². The van der Waals surface area contributed by atoms with Gasteiger partial charge in [0, 0.05) is 24.6 Å². The molecule has 1 saturated heterocycles. The van der Waals surface area contributed by atoms with Gasteiger partial charge in [-0.05, 0) is 45.1 Å². The van der Waals surface area contributed by atoms with Crippen molar-refractivity contribution >= 4 is 34.8 Å². The van der Waals surface area contributed by atoms with E-state index in [-0.39, 0.29) is 30.5 Å². The van der Waals surface area contributed by atoms with Crippen molar-refractivity contribution in [2.45, 2.75) is 71.0 Å². The highest BCUT2D eigenvalue weighted by molar-refractivity contribution is 7.80. The second-order valence-electron chi connectivity index (χ2n) is 8.38. The fourth-order valence-electron chi connectivity index (χ4n) is 3.64. The molecular weight excluding hydrogens is 424 g/mol. The molecule has 1 aliphatic heterocycles. The number of nitrogens with one attached hydrogen (secondary N) is 1. The number of halogens is 2. The molecule has 6 nitrogen and oxygen atoms in total. The summed E-state index contributed by atoms with van der Waals surface area (Å²) in [6, 6.07) is 3.02. The van der Waals surface area contributed by atoms with E-state index < -0.39 is 23.6 Å². The molecule has 1 aromatic carbocycles. The predicted molar refractivity (Wildman–Crippen MR) is 116 cm³/mol. The van der Waals surface area contributed by atoms with Crippen LogP contribution >= 0.6 is 12.2 Å². The molecule has 0 aromatic heterocycles. The minimum atomic E-state index is -0.914. The zero-order valence-corrected chi connectivity index (χ0v) is 18.5. The summed E-state index contributed by atoms with van der Waals surface area (Å²) in [6.45, 7) is 3.51. The number of likely N-dealkylation sites (tertiary alicyclic amines) is 1. The van der Waals surface area contributed by atoms with Gasteiger partial charge >= 0.3 is 5.97 Å². The van der Waals surface area contributed by atoms with Gasteiger partial charge < -0.3 is 15.1 Å². The standard InChI is InChI=1S/C22H27F2N3O3S/c1-13(2)26-30-22(29)18(10-14-6-7-14)25-19(28)11-16-8-9-20(31)27(16)12-15-4-3-5-17(23)21(15)24/h3-5,14,16,18H,6-12H2,1-2H3,(H,25,28)/t16-,18-/m0/s1. The molecule has 2 atom stereocenters. The molecule has 3 rings (SSSR count). The molecule has 1 heterocycles. The van der Waals surface area contributed by atoms with Crippen molar-refractivity contribution in [1.82, 2.24) is 10.2 Å². The van der Waals surface area contributed by atoms with Crippen molar-refractivity contribution in [2.75, 3.05) is 0 Å². The molecule has 168 valence electrons. The lowest BCUT2D eigenvalue weighted by Gasteiger charge is -2.27. The molecule has 2 fully saturated rings. The predicted octanol–water partition coefficient (Wildman–Crippen LogP) is 3.87. The molecule has 1 N–H and O–H groups in total. The minimum Gasteiger partial charge on any atom is -0.358 e. The Balaban J connectivity index is 1.62. The van der Waals surface area contributed by atoms with Crippen molar-refractivity contribution < 1.29 is 23.2 Å². The summed E-state index contributed by atoms with van der Waals surface area (Å²) in [5, 5.41) is 6.46. The molecule has 0 unspecified atom stereocenters. The van der Waals surface area contributed by atoms with Gasteiger partial charge in [0.05, 0.1) is 10.7 Å². The Bertz CT molecular complexity index is 885. The third-order valence-corrected chi connectivity index (χ3v) is 5.89. The lowest BCUT2D eigenvalue weighted by molar-refractivity contribution is -0.148. The SMILES string of the molecule is CC(C)=NOC(=O)[C@H](CC1CC1)NC(=O)C[C@@H]1CCC(=S)N1Cc1cccc(F)c1F. The maximum Gasteiger partial charge on any atom is 0.357 e. The number of carbonyl (C=O) groups excluding carboxylic acids is 2. The van der Waals surface area contributed by atoms with E-state index in [9.17, 15) is 18.4 Å². The van der Waals surface area contributed by atoms with Crippen molar-refractivity contribution in [3.05, 3.63) is 35.4 Å². The molecule has 1 amide bonds. The van der Waals surface area contributed by atoms with E-state index in [0.717, 1.165) is 18.9 Å². The van der Waals surface area contributed by atoms with E-state index in [0.29, 0.717) is 35.9 Å². The summed E-state index contributed by atoms with van der Waals surface area (Å²) in [5.74, 6) is -2.31. The lowest BCUT2D eigenvalue weighted by atomic mass is 10.1. The Hall–Kier alpha value is -2.42. The highest BCUT2D eigenvalue weighted by Gasteiger charge is 2.34. The van der Waals surface area contributed by atoms with Gasteiger partial charge in [-0.3, -0.25) is 4.79 Å². The third-order valence-electron chi connectivity index (χ3n) is 5.45. The van der Waals surface area contributed by atoms with Crippen molar-refractivity contribution in [3.8, 4) is 0 Å². The molecule has 0 spiro atoms. The Morgan fingerprint density at radius 2 is 2.03 bits per heavy atom. The van der Waals surface area contributed by atoms with Crippen LogP contribution in [0.3, 0.4) is 0 Å². The van der Waals surface area contributed by atoms with E-state index in [1.165, 1.54) is 12.1 Å². The second-order valence-corrected chi connectivity index (χ2v) is 8.85.